The van der Waals surface area contributed by atoms with Gasteiger partial charge in [0.25, 0.3) is 0 Å². The molecule has 1 fully saturated rings. The summed E-state index contributed by atoms with van der Waals surface area (Å²) < 4.78 is 41.2. The number of aliphatic hydroxyl groups excluding tert-OH is 1. The minimum atomic E-state index is -1.27. The number of rotatable bonds is 2. The van der Waals surface area contributed by atoms with Crippen molar-refractivity contribution in [1.82, 2.24) is 0 Å². The van der Waals surface area contributed by atoms with E-state index < -0.39 is 35.5 Å². The smallest absolute Gasteiger partial charge is 0.236 e. The highest BCUT2D eigenvalue weighted by Crippen LogP contribution is 2.37. The molecule has 1 aliphatic rings. The van der Waals surface area contributed by atoms with Crippen LogP contribution < -0.4 is 4.90 Å². The maximum absolute atomic E-state index is 14.1. The molecular weight excluding hydrogens is 375 g/mol. The van der Waals surface area contributed by atoms with Crippen LogP contribution in [0.25, 0.3) is 0 Å². The summed E-state index contributed by atoms with van der Waals surface area (Å²) in [6, 6.07) is 6.85. The minimum Gasteiger partial charge on any atom is -0.373 e. The van der Waals surface area contributed by atoms with E-state index in [-0.39, 0.29) is 17.7 Å². The zero-order chi connectivity index (χ0) is 16.7. The molecule has 0 spiro atoms. The van der Waals surface area contributed by atoms with Crippen molar-refractivity contribution in [3.8, 4) is 0 Å². The standard InChI is InChI=1S/C16H11BrF3NO2/c17-9-1-2-14(13(20)5-9)21-15(22)7-12(16(21)23)8-3-10(18)6-11(19)4-8/h1-6,12,15,22H,7H2. The van der Waals surface area contributed by atoms with E-state index >= 15 is 0 Å². The third-order valence-corrected chi connectivity index (χ3v) is 4.23. The second-order valence-corrected chi connectivity index (χ2v) is 6.19. The van der Waals surface area contributed by atoms with Crippen molar-refractivity contribution in [2.45, 2.75) is 18.6 Å². The molecule has 0 saturated carbocycles. The molecule has 7 heteroatoms. The molecule has 3 rings (SSSR count). The van der Waals surface area contributed by atoms with E-state index in [0.29, 0.717) is 10.5 Å². The normalized spacial score (nSPS) is 21.1. The SMILES string of the molecule is O=C1C(c2cc(F)cc(F)c2)CC(O)N1c1ccc(Br)cc1F. The summed E-state index contributed by atoms with van der Waals surface area (Å²) in [5, 5.41) is 10.1. The Hall–Kier alpha value is -1.86. The maximum Gasteiger partial charge on any atom is 0.236 e. The Kier molecular flexibility index (Phi) is 4.16. The van der Waals surface area contributed by atoms with Gasteiger partial charge in [-0.2, -0.15) is 0 Å². The first-order valence-corrected chi connectivity index (χ1v) is 7.58. The van der Waals surface area contributed by atoms with Gasteiger partial charge in [0, 0.05) is 17.0 Å². The summed E-state index contributed by atoms with van der Waals surface area (Å²) in [5.41, 5.74) is 0.0386. The molecule has 0 radical (unpaired) electrons. The molecule has 1 amide bonds. The first kappa shape index (κ1) is 16.0. The van der Waals surface area contributed by atoms with Crippen LogP contribution >= 0.6 is 15.9 Å². The quantitative estimate of drug-likeness (QED) is 0.855. The molecule has 23 heavy (non-hydrogen) atoms. The highest BCUT2D eigenvalue weighted by molar-refractivity contribution is 9.10. The summed E-state index contributed by atoms with van der Waals surface area (Å²) in [4.78, 5) is 13.4. The average molecular weight is 386 g/mol. The summed E-state index contributed by atoms with van der Waals surface area (Å²) in [7, 11) is 0. The van der Waals surface area contributed by atoms with Crippen molar-refractivity contribution in [3.63, 3.8) is 0 Å². The van der Waals surface area contributed by atoms with Gasteiger partial charge in [0.1, 0.15) is 23.7 Å². The lowest BCUT2D eigenvalue weighted by Gasteiger charge is -2.21. The lowest BCUT2D eigenvalue weighted by molar-refractivity contribution is -0.118. The van der Waals surface area contributed by atoms with Gasteiger partial charge in [-0.3, -0.25) is 9.69 Å². The summed E-state index contributed by atoms with van der Waals surface area (Å²) >= 11 is 3.11. The zero-order valence-corrected chi connectivity index (χ0v) is 13.2. The molecule has 0 aliphatic carbocycles. The predicted octanol–water partition coefficient (Wildman–Crippen LogP) is 3.71. The molecule has 0 bridgehead atoms. The Balaban J connectivity index is 1.98. The summed E-state index contributed by atoms with van der Waals surface area (Å²) in [6.07, 6.45) is -1.34. The zero-order valence-electron chi connectivity index (χ0n) is 11.6. The molecule has 120 valence electrons. The van der Waals surface area contributed by atoms with Gasteiger partial charge < -0.3 is 5.11 Å². The van der Waals surface area contributed by atoms with Gasteiger partial charge in [0.2, 0.25) is 5.91 Å². The number of benzene rings is 2. The summed E-state index contributed by atoms with van der Waals surface area (Å²) in [6.45, 7) is 0. The van der Waals surface area contributed by atoms with Gasteiger partial charge in [0.05, 0.1) is 11.6 Å². The fraction of sp³-hybridized carbons (Fsp3) is 0.188. The van der Waals surface area contributed by atoms with E-state index in [1.165, 1.54) is 18.2 Å². The van der Waals surface area contributed by atoms with Crippen LogP contribution in [-0.4, -0.2) is 17.2 Å². The van der Waals surface area contributed by atoms with Crippen LogP contribution in [0.1, 0.15) is 17.9 Å². The van der Waals surface area contributed by atoms with Gasteiger partial charge in [-0.1, -0.05) is 15.9 Å². The van der Waals surface area contributed by atoms with E-state index in [0.717, 1.165) is 17.0 Å². The highest BCUT2D eigenvalue weighted by atomic mass is 79.9. The van der Waals surface area contributed by atoms with Crippen molar-refractivity contribution in [2.75, 3.05) is 4.90 Å². The van der Waals surface area contributed by atoms with Crippen LogP contribution in [0.15, 0.2) is 40.9 Å². The number of nitrogens with zero attached hydrogens (tertiary/aromatic N) is 1. The molecule has 1 N–H and O–H groups in total. The maximum atomic E-state index is 14.1. The number of anilines is 1. The molecule has 0 aromatic heterocycles. The fourth-order valence-electron chi connectivity index (χ4n) is 2.74. The Labute approximate surface area is 138 Å². The second kappa shape index (κ2) is 5.98. The van der Waals surface area contributed by atoms with E-state index in [1.807, 2.05) is 0 Å². The summed E-state index contributed by atoms with van der Waals surface area (Å²) in [5.74, 6) is -3.84. The number of carbonyl (C=O) groups excluding carboxylic acids is 1. The molecule has 2 aromatic carbocycles. The number of carbonyl (C=O) groups is 1. The molecule has 2 unspecified atom stereocenters. The topological polar surface area (TPSA) is 40.5 Å². The number of amides is 1. The lowest BCUT2D eigenvalue weighted by Crippen LogP contribution is -2.34. The number of halogens is 4. The average Bonchev–Trinajstić information content (AvgIpc) is 2.74. The Morgan fingerprint density at radius 3 is 2.35 bits per heavy atom. The van der Waals surface area contributed by atoms with Crippen LogP contribution in [0.2, 0.25) is 0 Å². The molecule has 3 nitrogen and oxygen atoms in total. The van der Waals surface area contributed by atoms with Crippen molar-refractivity contribution in [3.05, 3.63) is 63.9 Å². The predicted molar refractivity (Wildman–Crippen MR) is 81.3 cm³/mol. The molecular formula is C16H11BrF3NO2. The van der Waals surface area contributed by atoms with Crippen molar-refractivity contribution < 1.29 is 23.1 Å². The Morgan fingerprint density at radius 1 is 1.09 bits per heavy atom. The van der Waals surface area contributed by atoms with Crippen molar-refractivity contribution in [2.24, 2.45) is 0 Å². The van der Waals surface area contributed by atoms with Crippen LogP contribution in [0.4, 0.5) is 18.9 Å². The fourth-order valence-corrected chi connectivity index (χ4v) is 3.08. The van der Waals surface area contributed by atoms with Gasteiger partial charge in [0.15, 0.2) is 0 Å². The van der Waals surface area contributed by atoms with E-state index in [2.05, 4.69) is 15.9 Å². The van der Waals surface area contributed by atoms with Gasteiger partial charge in [-0.25, -0.2) is 13.2 Å². The van der Waals surface area contributed by atoms with Gasteiger partial charge in [-0.05, 0) is 35.9 Å². The molecule has 1 saturated heterocycles. The largest absolute Gasteiger partial charge is 0.373 e. The first-order chi connectivity index (χ1) is 10.9. The van der Waals surface area contributed by atoms with Gasteiger partial charge >= 0.3 is 0 Å². The van der Waals surface area contributed by atoms with E-state index in [4.69, 9.17) is 0 Å². The Morgan fingerprint density at radius 2 is 1.74 bits per heavy atom. The third-order valence-electron chi connectivity index (χ3n) is 3.74. The molecule has 1 heterocycles. The number of hydrogen-bond acceptors (Lipinski definition) is 2. The molecule has 2 aromatic rings. The third kappa shape index (κ3) is 2.98. The molecule has 2 atom stereocenters. The minimum absolute atomic E-state index is 0.0722. The van der Waals surface area contributed by atoms with E-state index in [1.54, 1.807) is 0 Å². The van der Waals surface area contributed by atoms with Crippen LogP contribution in [0, 0.1) is 17.5 Å². The van der Waals surface area contributed by atoms with Gasteiger partial charge in [-0.15, -0.1) is 0 Å². The Bertz CT molecular complexity index is 764. The van der Waals surface area contributed by atoms with Crippen molar-refractivity contribution in [1.29, 1.82) is 0 Å². The monoisotopic (exact) mass is 385 g/mol. The lowest BCUT2D eigenvalue weighted by atomic mass is 9.97. The number of hydrogen-bond donors (Lipinski definition) is 1. The highest BCUT2D eigenvalue weighted by Gasteiger charge is 2.41. The van der Waals surface area contributed by atoms with Crippen LogP contribution in [0.5, 0.6) is 0 Å². The van der Waals surface area contributed by atoms with Crippen LogP contribution in [0.3, 0.4) is 0 Å². The second-order valence-electron chi connectivity index (χ2n) is 5.28. The van der Waals surface area contributed by atoms with Crippen molar-refractivity contribution >= 4 is 27.5 Å². The first-order valence-electron chi connectivity index (χ1n) is 6.79. The molecule has 1 aliphatic heterocycles. The number of aliphatic hydroxyl groups is 1. The van der Waals surface area contributed by atoms with Crippen LogP contribution in [-0.2, 0) is 4.79 Å². The van der Waals surface area contributed by atoms with E-state index in [9.17, 15) is 23.1 Å².